The molecule has 126 valence electrons. The molecule has 0 spiro atoms. The van der Waals surface area contributed by atoms with Crippen molar-refractivity contribution in [1.29, 1.82) is 0 Å². The SMILES string of the molecule is CCN1C(=O)C[C@@H](C(=O)NCCCOC)[C@@H]1c1ccccc1Cl. The van der Waals surface area contributed by atoms with Crippen LogP contribution in [-0.4, -0.2) is 43.5 Å². The topological polar surface area (TPSA) is 58.6 Å². The van der Waals surface area contributed by atoms with E-state index in [4.69, 9.17) is 16.3 Å². The zero-order chi connectivity index (χ0) is 16.8. The van der Waals surface area contributed by atoms with Gasteiger partial charge in [0.2, 0.25) is 11.8 Å². The number of benzene rings is 1. The highest BCUT2D eigenvalue weighted by atomic mass is 35.5. The lowest BCUT2D eigenvalue weighted by Crippen LogP contribution is -2.36. The lowest BCUT2D eigenvalue weighted by molar-refractivity contribution is -0.129. The van der Waals surface area contributed by atoms with Crippen molar-refractivity contribution in [1.82, 2.24) is 10.2 Å². The van der Waals surface area contributed by atoms with Crippen molar-refractivity contribution in [2.24, 2.45) is 5.92 Å². The van der Waals surface area contributed by atoms with Gasteiger partial charge in [-0.2, -0.15) is 0 Å². The first-order valence-corrected chi connectivity index (χ1v) is 8.28. The summed E-state index contributed by atoms with van der Waals surface area (Å²) in [5.41, 5.74) is 0.832. The maximum atomic E-state index is 12.5. The molecule has 23 heavy (non-hydrogen) atoms. The average Bonchev–Trinajstić information content (AvgIpc) is 2.88. The average molecular weight is 339 g/mol. The van der Waals surface area contributed by atoms with Crippen LogP contribution < -0.4 is 5.32 Å². The van der Waals surface area contributed by atoms with Gasteiger partial charge in [0.05, 0.1) is 12.0 Å². The van der Waals surface area contributed by atoms with Crippen LogP contribution in [0, 0.1) is 5.92 Å². The molecule has 1 aromatic carbocycles. The Hall–Kier alpha value is -1.59. The Kier molecular flexibility index (Phi) is 6.42. The fourth-order valence-corrected chi connectivity index (χ4v) is 3.30. The molecule has 1 aliphatic heterocycles. The van der Waals surface area contributed by atoms with E-state index in [9.17, 15) is 9.59 Å². The van der Waals surface area contributed by atoms with E-state index in [1.807, 2.05) is 25.1 Å². The minimum Gasteiger partial charge on any atom is -0.385 e. The van der Waals surface area contributed by atoms with Gasteiger partial charge >= 0.3 is 0 Å². The van der Waals surface area contributed by atoms with E-state index in [0.29, 0.717) is 24.7 Å². The largest absolute Gasteiger partial charge is 0.385 e. The number of likely N-dealkylation sites (tertiary alicyclic amines) is 1. The third kappa shape index (κ3) is 4.03. The lowest BCUT2D eigenvalue weighted by atomic mass is 9.92. The van der Waals surface area contributed by atoms with E-state index < -0.39 is 5.92 Å². The van der Waals surface area contributed by atoms with E-state index in [1.165, 1.54) is 0 Å². The van der Waals surface area contributed by atoms with Gasteiger partial charge in [0, 0.05) is 38.2 Å². The molecular weight excluding hydrogens is 316 g/mol. The molecule has 0 aromatic heterocycles. The summed E-state index contributed by atoms with van der Waals surface area (Å²) in [4.78, 5) is 26.5. The number of methoxy groups -OCH3 is 1. The van der Waals surface area contributed by atoms with Crippen LogP contribution >= 0.6 is 11.6 Å². The van der Waals surface area contributed by atoms with Crippen LogP contribution in [-0.2, 0) is 14.3 Å². The van der Waals surface area contributed by atoms with Crippen LogP contribution in [0.5, 0.6) is 0 Å². The summed E-state index contributed by atoms with van der Waals surface area (Å²) >= 11 is 6.30. The molecule has 5 nitrogen and oxygen atoms in total. The van der Waals surface area contributed by atoms with Crippen molar-refractivity contribution < 1.29 is 14.3 Å². The van der Waals surface area contributed by atoms with Crippen molar-refractivity contribution >= 4 is 23.4 Å². The number of amides is 2. The zero-order valence-electron chi connectivity index (χ0n) is 13.5. The summed E-state index contributed by atoms with van der Waals surface area (Å²) in [6.45, 7) is 3.61. The first-order valence-electron chi connectivity index (χ1n) is 7.90. The van der Waals surface area contributed by atoms with Gasteiger partial charge in [-0.25, -0.2) is 0 Å². The summed E-state index contributed by atoms with van der Waals surface area (Å²) < 4.78 is 4.98. The maximum Gasteiger partial charge on any atom is 0.226 e. The summed E-state index contributed by atoms with van der Waals surface area (Å²) in [5, 5.41) is 3.49. The van der Waals surface area contributed by atoms with E-state index in [-0.39, 0.29) is 24.3 Å². The van der Waals surface area contributed by atoms with Gasteiger partial charge in [0.1, 0.15) is 0 Å². The van der Waals surface area contributed by atoms with E-state index >= 15 is 0 Å². The number of carbonyl (C=O) groups is 2. The van der Waals surface area contributed by atoms with Gasteiger partial charge in [-0.05, 0) is 25.0 Å². The van der Waals surface area contributed by atoms with E-state index in [0.717, 1.165) is 12.0 Å². The molecule has 2 amide bonds. The van der Waals surface area contributed by atoms with Crippen LogP contribution in [0.3, 0.4) is 0 Å². The number of ether oxygens (including phenoxy) is 1. The highest BCUT2D eigenvalue weighted by molar-refractivity contribution is 6.31. The minimum absolute atomic E-state index is 0.00513. The number of carbonyl (C=O) groups excluding carboxylic acids is 2. The molecule has 1 heterocycles. The molecule has 1 aromatic rings. The number of hydrogen-bond acceptors (Lipinski definition) is 3. The van der Waals surface area contributed by atoms with E-state index in [1.54, 1.807) is 18.1 Å². The molecule has 0 bridgehead atoms. The summed E-state index contributed by atoms with van der Waals surface area (Å²) in [7, 11) is 1.63. The Morgan fingerprint density at radius 2 is 2.17 bits per heavy atom. The van der Waals surface area contributed by atoms with Crippen LogP contribution in [0.4, 0.5) is 0 Å². The summed E-state index contributed by atoms with van der Waals surface area (Å²) in [5.74, 6) is -0.519. The molecule has 1 saturated heterocycles. The third-order valence-electron chi connectivity index (χ3n) is 4.16. The zero-order valence-corrected chi connectivity index (χ0v) is 14.3. The molecule has 0 radical (unpaired) electrons. The summed E-state index contributed by atoms with van der Waals surface area (Å²) in [6, 6.07) is 7.11. The van der Waals surface area contributed by atoms with Gasteiger partial charge in [0.15, 0.2) is 0 Å². The van der Waals surface area contributed by atoms with Crippen molar-refractivity contribution in [2.45, 2.75) is 25.8 Å². The Morgan fingerprint density at radius 1 is 1.43 bits per heavy atom. The molecule has 1 aliphatic rings. The van der Waals surface area contributed by atoms with Gasteiger partial charge in [-0.3, -0.25) is 9.59 Å². The second-order valence-electron chi connectivity index (χ2n) is 5.59. The van der Waals surface area contributed by atoms with Gasteiger partial charge < -0.3 is 15.0 Å². The Balaban J connectivity index is 2.18. The normalized spacial score (nSPS) is 20.8. The standard InChI is InChI=1S/C17H23ClN2O3/c1-3-20-15(21)11-13(17(22)19-9-6-10-23-2)16(20)12-7-4-5-8-14(12)18/h4-5,7-8,13,16H,3,6,9-11H2,1-2H3,(H,19,22)/t13-,16+/m1/s1. The fourth-order valence-electron chi connectivity index (χ4n) is 3.06. The van der Waals surface area contributed by atoms with Gasteiger partial charge in [0.25, 0.3) is 0 Å². The summed E-state index contributed by atoms with van der Waals surface area (Å²) in [6.07, 6.45) is 0.969. The molecule has 0 aliphatic carbocycles. The Bertz CT molecular complexity index is 565. The van der Waals surface area contributed by atoms with Crippen molar-refractivity contribution in [3.63, 3.8) is 0 Å². The lowest BCUT2D eigenvalue weighted by Gasteiger charge is -2.28. The Morgan fingerprint density at radius 3 is 2.83 bits per heavy atom. The van der Waals surface area contributed by atoms with Gasteiger partial charge in [-0.15, -0.1) is 0 Å². The first kappa shape index (κ1) is 17.8. The van der Waals surface area contributed by atoms with E-state index in [2.05, 4.69) is 5.32 Å². The molecule has 0 saturated carbocycles. The second kappa shape index (κ2) is 8.31. The maximum absolute atomic E-state index is 12.5. The number of halogens is 1. The molecular formula is C17H23ClN2O3. The first-order chi connectivity index (χ1) is 11.1. The Labute approximate surface area is 141 Å². The monoisotopic (exact) mass is 338 g/mol. The molecule has 2 rings (SSSR count). The number of hydrogen-bond donors (Lipinski definition) is 1. The number of nitrogens with zero attached hydrogens (tertiary/aromatic N) is 1. The van der Waals surface area contributed by atoms with Crippen LogP contribution in [0.1, 0.15) is 31.4 Å². The molecule has 1 N–H and O–H groups in total. The van der Waals surface area contributed by atoms with Crippen LogP contribution in [0.15, 0.2) is 24.3 Å². The van der Waals surface area contributed by atoms with Crippen molar-refractivity contribution in [2.75, 3.05) is 26.8 Å². The smallest absolute Gasteiger partial charge is 0.226 e. The quantitative estimate of drug-likeness (QED) is 0.777. The van der Waals surface area contributed by atoms with Crippen molar-refractivity contribution in [3.05, 3.63) is 34.9 Å². The molecule has 1 fully saturated rings. The van der Waals surface area contributed by atoms with Crippen molar-refractivity contribution in [3.8, 4) is 0 Å². The fraction of sp³-hybridized carbons (Fsp3) is 0.529. The molecule has 6 heteroatoms. The predicted molar refractivity (Wildman–Crippen MR) is 89.2 cm³/mol. The molecule has 0 unspecified atom stereocenters. The van der Waals surface area contributed by atoms with Crippen LogP contribution in [0.25, 0.3) is 0 Å². The number of rotatable bonds is 7. The second-order valence-corrected chi connectivity index (χ2v) is 6.00. The highest BCUT2D eigenvalue weighted by Crippen LogP contribution is 2.40. The van der Waals surface area contributed by atoms with Crippen LogP contribution in [0.2, 0.25) is 5.02 Å². The number of nitrogens with one attached hydrogen (secondary N) is 1. The minimum atomic E-state index is -0.412. The van der Waals surface area contributed by atoms with Gasteiger partial charge in [-0.1, -0.05) is 29.8 Å². The predicted octanol–water partition coefficient (Wildman–Crippen LogP) is 2.40. The highest BCUT2D eigenvalue weighted by Gasteiger charge is 2.44. The molecule has 2 atom stereocenters. The third-order valence-corrected chi connectivity index (χ3v) is 4.50.